The molecule has 32 heavy (non-hydrogen) atoms. The lowest BCUT2D eigenvalue weighted by atomic mass is 9.96. The van der Waals surface area contributed by atoms with Gasteiger partial charge in [-0.15, -0.1) is 0 Å². The third-order valence-electron chi connectivity index (χ3n) is 5.07. The number of ether oxygens (including phenoxy) is 1. The number of nitrogens with one attached hydrogen (secondary N) is 1. The van der Waals surface area contributed by atoms with Gasteiger partial charge in [-0.05, 0) is 24.3 Å². The molecule has 2 aromatic carbocycles. The van der Waals surface area contributed by atoms with Crippen LogP contribution in [0.5, 0.6) is 0 Å². The number of aliphatic hydroxyl groups excluding tert-OH is 1. The van der Waals surface area contributed by atoms with E-state index >= 15 is 0 Å². The van der Waals surface area contributed by atoms with Gasteiger partial charge in [0, 0.05) is 12.1 Å². The number of benzene rings is 2. The van der Waals surface area contributed by atoms with Crippen molar-refractivity contribution in [3.8, 4) is 0 Å². The minimum atomic E-state index is -4.73. The monoisotopic (exact) mass is 454 g/mol. The summed E-state index contributed by atoms with van der Waals surface area (Å²) in [6.07, 6.45) is -7.55. The molecule has 172 valence electrons. The predicted octanol–water partition coefficient (Wildman–Crippen LogP) is 1.46. The van der Waals surface area contributed by atoms with Crippen LogP contribution < -0.4 is 5.32 Å². The number of halogens is 3. The first-order chi connectivity index (χ1) is 15.0. The van der Waals surface area contributed by atoms with Gasteiger partial charge in [0.05, 0.1) is 24.3 Å². The molecule has 11 heteroatoms. The first-order valence-corrected chi connectivity index (χ1v) is 9.55. The van der Waals surface area contributed by atoms with E-state index < -0.39 is 66.6 Å². The summed E-state index contributed by atoms with van der Waals surface area (Å²) in [5.74, 6) is -1.85. The molecule has 1 aliphatic rings. The largest absolute Gasteiger partial charge is 0.417 e. The van der Waals surface area contributed by atoms with Crippen molar-refractivity contribution in [1.82, 2.24) is 10.4 Å². The molecule has 0 aromatic heterocycles. The molecule has 1 aliphatic heterocycles. The van der Waals surface area contributed by atoms with Crippen molar-refractivity contribution in [3.05, 3.63) is 71.3 Å². The SMILES string of the molecule is O=C(NC[C@H]1OC[C@@](O)(CN(O)C(=O)c2ccccc2)[C@@H]1O)c1ccccc1C(F)(F)F. The number of hydroxylamine groups is 2. The van der Waals surface area contributed by atoms with E-state index in [1.54, 1.807) is 18.2 Å². The Kier molecular flexibility index (Phi) is 6.84. The minimum Gasteiger partial charge on any atom is -0.387 e. The zero-order chi connectivity index (χ0) is 23.5. The lowest BCUT2D eigenvalue weighted by Gasteiger charge is -2.29. The molecule has 0 radical (unpaired) electrons. The van der Waals surface area contributed by atoms with Gasteiger partial charge in [0.15, 0.2) is 0 Å². The van der Waals surface area contributed by atoms with Crippen molar-refractivity contribution in [3.63, 3.8) is 0 Å². The highest BCUT2D eigenvalue weighted by Crippen LogP contribution is 2.32. The first-order valence-electron chi connectivity index (χ1n) is 9.55. The molecule has 2 amide bonds. The molecule has 8 nitrogen and oxygen atoms in total. The van der Waals surface area contributed by atoms with Crippen molar-refractivity contribution in [2.45, 2.75) is 24.0 Å². The Hall–Kier alpha value is -2.99. The van der Waals surface area contributed by atoms with Crippen molar-refractivity contribution in [1.29, 1.82) is 0 Å². The third-order valence-corrected chi connectivity index (χ3v) is 5.07. The van der Waals surface area contributed by atoms with Crippen molar-refractivity contribution >= 4 is 11.8 Å². The summed E-state index contributed by atoms with van der Waals surface area (Å²) in [4.78, 5) is 24.5. The maximum absolute atomic E-state index is 13.1. The second kappa shape index (κ2) is 9.25. The molecular weight excluding hydrogens is 433 g/mol. The molecule has 0 aliphatic carbocycles. The molecule has 1 fully saturated rings. The number of hydrogen-bond acceptors (Lipinski definition) is 6. The zero-order valence-electron chi connectivity index (χ0n) is 16.6. The molecule has 1 saturated heterocycles. The van der Waals surface area contributed by atoms with Crippen molar-refractivity contribution in [2.24, 2.45) is 0 Å². The number of carbonyl (C=O) groups is 2. The summed E-state index contributed by atoms with van der Waals surface area (Å²) < 4.78 is 44.5. The van der Waals surface area contributed by atoms with E-state index in [-0.39, 0.29) is 10.6 Å². The molecule has 2 aromatic rings. The van der Waals surface area contributed by atoms with E-state index in [1.807, 2.05) is 0 Å². The number of nitrogens with zero attached hydrogens (tertiary/aromatic N) is 1. The van der Waals surface area contributed by atoms with Gasteiger partial charge in [-0.25, -0.2) is 5.06 Å². The van der Waals surface area contributed by atoms with E-state index in [0.29, 0.717) is 0 Å². The van der Waals surface area contributed by atoms with Crippen molar-refractivity contribution < 1.29 is 42.9 Å². The average Bonchev–Trinajstić information content (AvgIpc) is 3.05. The molecule has 0 saturated carbocycles. The number of amides is 2. The van der Waals surface area contributed by atoms with Crippen LogP contribution in [0, 0.1) is 0 Å². The van der Waals surface area contributed by atoms with Gasteiger partial charge >= 0.3 is 6.18 Å². The van der Waals surface area contributed by atoms with E-state index in [4.69, 9.17) is 4.74 Å². The van der Waals surface area contributed by atoms with Gasteiger partial charge in [0.2, 0.25) is 0 Å². The quantitative estimate of drug-likeness (QED) is 0.388. The summed E-state index contributed by atoms with van der Waals surface area (Å²) in [5.41, 5.74) is -3.62. The van der Waals surface area contributed by atoms with Gasteiger partial charge in [-0.1, -0.05) is 30.3 Å². The van der Waals surface area contributed by atoms with Crippen LogP contribution in [0.15, 0.2) is 54.6 Å². The van der Waals surface area contributed by atoms with Gasteiger partial charge in [0.1, 0.15) is 17.8 Å². The van der Waals surface area contributed by atoms with E-state index in [9.17, 15) is 38.2 Å². The molecule has 3 rings (SSSR count). The Bertz CT molecular complexity index is 972. The number of hydrogen-bond donors (Lipinski definition) is 4. The fraction of sp³-hybridized carbons (Fsp3) is 0.333. The summed E-state index contributed by atoms with van der Waals surface area (Å²) in [6.45, 7) is -1.58. The molecule has 0 unspecified atom stereocenters. The lowest BCUT2D eigenvalue weighted by Crippen LogP contribution is -2.54. The predicted molar refractivity (Wildman–Crippen MR) is 104 cm³/mol. The Morgan fingerprint density at radius 3 is 2.41 bits per heavy atom. The smallest absolute Gasteiger partial charge is 0.387 e. The Balaban J connectivity index is 1.61. The summed E-state index contributed by atoms with van der Waals surface area (Å²) in [7, 11) is 0. The summed E-state index contributed by atoms with van der Waals surface area (Å²) >= 11 is 0. The van der Waals surface area contributed by atoms with E-state index in [0.717, 1.165) is 18.2 Å². The van der Waals surface area contributed by atoms with Crippen molar-refractivity contribution in [2.75, 3.05) is 19.7 Å². The van der Waals surface area contributed by atoms with Crippen LogP contribution in [0.25, 0.3) is 0 Å². The third kappa shape index (κ3) is 5.07. The van der Waals surface area contributed by atoms with Gasteiger partial charge in [-0.3, -0.25) is 14.8 Å². The van der Waals surface area contributed by atoms with Gasteiger partial charge in [0.25, 0.3) is 11.8 Å². The summed E-state index contributed by atoms with van der Waals surface area (Å²) in [5, 5.41) is 33.6. The molecular formula is C21H21F3N2O6. The zero-order valence-corrected chi connectivity index (χ0v) is 16.6. The number of rotatable bonds is 6. The van der Waals surface area contributed by atoms with Crippen LogP contribution in [0.3, 0.4) is 0 Å². The standard InChI is InChI=1S/C21H21F3N2O6/c22-21(23,24)15-9-5-4-8-14(15)18(28)25-10-16-17(27)20(30,12-32-16)11-26(31)19(29)13-6-2-1-3-7-13/h1-9,16-17,27,30-31H,10-12H2,(H,25,28)/t16-,17-,20+/m1/s1. The molecule has 4 N–H and O–H groups in total. The first kappa shape index (κ1) is 23.7. The summed E-state index contributed by atoms with van der Waals surface area (Å²) in [6, 6.07) is 12.0. The van der Waals surface area contributed by atoms with Crippen LogP contribution in [0.2, 0.25) is 0 Å². The van der Waals surface area contributed by atoms with Crippen LogP contribution in [0.4, 0.5) is 13.2 Å². The fourth-order valence-electron chi connectivity index (χ4n) is 3.36. The van der Waals surface area contributed by atoms with Gasteiger partial charge < -0.3 is 20.3 Å². The van der Waals surface area contributed by atoms with E-state index in [1.165, 1.54) is 18.2 Å². The van der Waals surface area contributed by atoms with Crippen LogP contribution in [0.1, 0.15) is 26.3 Å². The highest BCUT2D eigenvalue weighted by molar-refractivity contribution is 5.96. The highest BCUT2D eigenvalue weighted by Gasteiger charge is 2.49. The number of carbonyl (C=O) groups excluding carboxylic acids is 2. The highest BCUT2D eigenvalue weighted by atomic mass is 19.4. The van der Waals surface area contributed by atoms with Crippen LogP contribution >= 0.6 is 0 Å². The molecule has 1 heterocycles. The Labute approximate surface area is 180 Å². The molecule has 0 spiro atoms. The Morgan fingerprint density at radius 1 is 1.12 bits per heavy atom. The molecule has 0 bridgehead atoms. The molecule has 3 atom stereocenters. The van der Waals surface area contributed by atoms with Crippen LogP contribution in [-0.2, 0) is 10.9 Å². The lowest BCUT2D eigenvalue weighted by molar-refractivity contribution is -0.137. The van der Waals surface area contributed by atoms with Crippen LogP contribution in [-0.4, -0.2) is 69.8 Å². The average molecular weight is 454 g/mol. The normalized spacial score (nSPS) is 23.1. The minimum absolute atomic E-state index is 0.152. The number of aliphatic hydroxyl groups is 2. The maximum atomic E-state index is 13.1. The maximum Gasteiger partial charge on any atom is 0.417 e. The number of alkyl halides is 3. The second-order valence-electron chi connectivity index (χ2n) is 7.38. The van der Waals surface area contributed by atoms with E-state index in [2.05, 4.69) is 5.32 Å². The van der Waals surface area contributed by atoms with Gasteiger partial charge in [-0.2, -0.15) is 13.2 Å². The second-order valence-corrected chi connectivity index (χ2v) is 7.38. The fourth-order valence-corrected chi connectivity index (χ4v) is 3.36. The topological polar surface area (TPSA) is 119 Å². The Morgan fingerprint density at radius 2 is 1.75 bits per heavy atom.